The lowest BCUT2D eigenvalue weighted by Crippen LogP contribution is -2.52. The van der Waals surface area contributed by atoms with Crippen molar-refractivity contribution in [2.45, 2.75) is 44.2 Å². The average Bonchev–Trinajstić information content (AvgIpc) is 3.09. The average molecular weight is 345 g/mol. The molecule has 25 heavy (non-hydrogen) atoms. The van der Waals surface area contributed by atoms with E-state index in [0.717, 1.165) is 77.9 Å². The number of nitrogens with two attached hydrogens (primary N) is 1. The molecule has 1 aliphatic heterocycles. The number of benzene rings is 1. The second-order valence-electron chi connectivity index (χ2n) is 7.58. The molecule has 1 heterocycles. The Labute approximate surface area is 151 Å². The molecule has 5 nitrogen and oxygen atoms in total. The molecule has 138 valence electrons. The minimum Gasteiger partial charge on any atom is -0.354 e. The lowest BCUT2D eigenvalue weighted by atomic mass is 9.98. The Hall–Kier alpha value is -1.43. The van der Waals surface area contributed by atoms with Crippen molar-refractivity contribution >= 4 is 5.91 Å². The van der Waals surface area contributed by atoms with Crippen LogP contribution in [0, 0.1) is 0 Å². The van der Waals surface area contributed by atoms with Crippen LogP contribution in [0.3, 0.4) is 0 Å². The van der Waals surface area contributed by atoms with Gasteiger partial charge in [0.1, 0.15) is 0 Å². The Morgan fingerprint density at radius 3 is 2.36 bits per heavy atom. The fourth-order valence-corrected chi connectivity index (χ4v) is 3.93. The van der Waals surface area contributed by atoms with Gasteiger partial charge in [0, 0.05) is 39.3 Å². The highest BCUT2D eigenvalue weighted by Gasteiger charge is 2.36. The predicted octanol–water partition coefficient (Wildman–Crippen LogP) is 1.58. The maximum atomic E-state index is 12.2. The van der Waals surface area contributed by atoms with Crippen LogP contribution in [0.2, 0.25) is 0 Å². The van der Waals surface area contributed by atoms with E-state index >= 15 is 0 Å². The van der Waals surface area contributed by atoms with E-state index in [1.54, 1.807) is 0 Å². The van der Waals surface area contributed by atoms with Gasteiger partial charge in [-0.1, -0.05) is 43.2 Å². The molecule has 1 aliphatic carbocycles. The summed E-state index contributed by atoms with van der Waals surface area (Å²) in [4.78, 5) is 17.2. The molecule has 0 spiro atoms. The van der Waals surface area contributed by atoms with Gasteiger partial charge in [-0.05, 0) is 31.4 Å². The third-order valence-corrected chi connectivity index (χ3v) is 5.60. The van der Waals surface area contributed by atoms with Gasteiger partial charge in [0.2, 0.25) is 5.91 Å². The van der Waals surface area contributed by atoms with Crippen molar-refractivity contribution in [2.75, 3.05) is 39.3 Å². The molecule has 2 fully saturated rings. The standard InChI is InChI=1S/C20H32N4O/c21-20(9-4-5-10-20)19(25)22-11-6-12-23-13-15-24(16-14-23)17-18-7-2-1-3-8-18/h1-3,7-8H,4-6,9-17,21H2,(H,22,25). The van der Waals surface area contributed by atoms with E-state index in [4.69, 9.17) is 5.73 Å². The Balaban J connectivity index is 1.28. The quantitative estimate of drug-likeness (QED) is 0.737. The van der Waals surface area contributed by atoms with Gasteiger partial charge in [-0.25, -0.2) is 0 Å². The van der Waals surface area contributed by atoms with Crippen LogP contribution >= 0.6 is 0 Å². The first-order valence-corrected chi connectivity index (χ1v) is 9.72. The number of hydrogen-bond donors (Lipinski definition) is 2. The number of piperazine rings is 1. The maximum absolute atomic E-state index is 12.2. The van der Waals surface area contributed by atoms with Crippen molar-refractivity contribution in [3.63, 3.8) is 0 Å². The zero-order valence-corrected chi connectivity index (χ0v) is 15.3. The first-order chi connectivity index (χ1) is 12.2. The Kier molecular flexibility index (Phi) is 6.45. The summed E-state index contributed by atoms with van der Waals surface area (Å²) in [7, 11) is 0. The Morgan fingerprint density at radius 2 is 1.68 bits per heavy atom. The highest BCUT2D eigenvalue weighted by atomic mass is 16.2. The molecule has 0 aromatic heterocycles. The van der Waals surface area contributed by atoms with Crippen molar-refractivity contribution in [1.29, 1.82) is 0 Å². The SMILES string of the molecule is NC1(C(=O)NCCCN2CCN(Cc3ccccc3)CC2)CCCC1. The largest absolute Gasteiger partial charge is 0.354 e. The van der Waals surface area contributed by atoms with E-state index in [-0.39, 0.29) is 5.91 Å². The lowest BCUT2D eigenvalue weighted by molar-refractivity contribution is -0.126. The molecule has 1 amide bonds. The highest BCUT2D eigenvalue weighted by Crippen LogP contribution is 2.27. The molecule has 2 aliphatic rings. The summed E-state index contributed by atoms with van der Waals surface area (Å²) in [6, 6.07) is 10.7. The molecule has 1 saturated carbocycles. The fraction of sp³-hybridized carbons (Fsp3) is 0.650. The number of amides is 1. The lowest BCUT2D eigenvalue weighted by Gasteiger charge is -2.34. The summed E-state index contributed by atoms with van der Waals surface area (Å²) < 4.78 is 0. The molecule has 0 bridgehead atoms. The minimum atomic E-state index is -0.594. The predicted molar refractivity (Wildman–Crippen MR) is 101 cm³/mol. The van der Waals surface area contributed by atoms with Crippen LogP contribution in [-0.4, -0.2) is 60.5 Å². The molecule has 1 aromatic rings. The smallest absolute Gasteiger partial charge is 0.240 e. The number of nitrogens with one attached hydrogen (secondary N) is 1. The molecule has 0 radical (unpaired) electrons. The first kappa shape index (κ1) is 18.4. The van der Waals surface area contributed by atoms with Gasteiger partial charge in [0.05, 0.1) is 5.54 Å². The Bertz CT molecular complexity index is 534. The normalized spacial score (nSPS) is 21.3. The van der Waals surface area contributed by atoms with Crippen LogP contribution < -0.4 is 11.1 Å². The summed E-state index contributed by atoms with van der Waals surface area (Å²) in [6.45, 7) is 7.30. The minimum absolute atomic E-state index is 0.0534. The van der Waals surface area contributed by atoms with Crippen LogP contribution in [0.4, 0.5) is 0 Å². The van der Waals surface area contributed by atoms with Crippen molar-refractivity contribution in [2.24, 2.45) is 5.73 Å². The van der Waals surface area contributed by atoms with Crippen LogP contribution in [0.25, 0.3) is 0 Å². The highest BCUT2D eigenvalue weighted by molar-refractivity contribution is 5.86. The summed E-state index contributed by atoms with van der Waals surface area (Å²) in [5.74, 6) is 0.0534. The number of carbonyl (C=O) groups is 1. The van der Waals surface area contributed by atoms with Gasteiger partial charge in [0.15, 0.2) is 0 Å². The van der Waals surface area contributed by atoms with Crippen molar-refractivity contribution in [3.05, 3.63) is 35.9 Å². The van der Waals surface area contributed by atoms with Crippen LogP contribution in [-0.2, 0) is 11.3 Å². The second-order valence-corrected chi connectivity index (χ2v) is 7.58. The van der Waals surface area contributed by atoms with Crippen LogP contribution in [0.15, 0.2) is 30.3 Å². The van der Waals surface area contributed by atoms with Crippen LogP contribution in [0.5, 0.6) is 0 Å². The zero-order valence-electron chi connectivity index (χ0n) is 15.3. The van der Waals surface area contributed by atoms with E-state index in [1.807, 2.05) is 0 Å². The molecule has 0 atom stereocenters. The van der Waals surface area contributed by atoms with Crippen molar-refractivity contribution in [1.82, 2.24) is 15.1 Å². The van der Waals surface area contributed by atoms with Crippen molar-refractivity contribution < 1.29 is 4.79 Å². The van der Waals surface area contributed by atoms with Crippen molar-refractivity contribution in [3.8, 4) is 0 Å². The third-order valence-electron chi connectivity index (χ3n) is 5.60. The van der Waals surface area contributed by atoms with Gasteiger partial charge < -0.3 is 16.0 Å². The number of rotatable bonds is 7. The monoisotopic (exact) mass is 344 g/mol. The summed E-state index contributed by atoms with van der Waals surface area (Å²) >= 11 is 0. The topological polar surface area (TPSA) is 61.6 Å². The summed E-state index contributed by atoms with van der Waals surface area (Å²) in [5, 5.41) is 3.05. The molecule has 5 heteroatoms. The van der Waals surface area contributed by atoms with Crippen LogP contribution in [0.1, 0.15) is 37.7 Å². The van der Waals surface area contributed by atoms with Gasteiger partial charge in [-0.15, -0.1) is 0 Å². The molecular formula is C20H32N4O. The summed E-state index contributed by atoms with van der Waals surface area (Å²) in [5.41, 5.74) is 6.97. The number of hydrogen-bond acceptors (Lipinski definition) is 4. The fourth-order valence-electron chi connectivity index (χ4n) is 3.93. The number of nitrogens with zero attached hydrogens (tertiary/aromatic N) is 2. The molecule has 3 N–H and O–H groups in total. The van der Waals surface area contributed by atoms with E-state index < -0.39 is 5.54 Å². The molecule has 0 unspecified atom stereocenters. The van der Waals surface area contributed by atoms with Gasteiger partial charge in [-0.3, -0.25) is 9.69 Å². The van der Waals surface area contributed by atoms with Gasteiger partial charge in [0.25, 0.3) is 0 Å². The van der Waals surface area contributed by atoms with E-state index in [0.29, 0.717) is 0 Å². The number of carbonyl (C=O) groups excluding carboxylic acids is 1. The Morgan fingerprint density at radius 1 is 1.04 bits per heavy atom. The van der Waals surface area contributed by atoms with E-state index in [1.165, 1.54) is 5.56 Å². The van der Waals surface area contributed by atoms with Gasteiger partial charge >= 0.3 is 0 Å². The van der Waals surface area contributed by atoms with Gasteiger partial charge in [-0.2, -0.15) is 0 Å². The zero-order chi connectivity index (χ0) is 17.5. The molecular weight excluding hydrogens is 312 g/mol. The molecule has 1 saturated heterocycles. The van der Waals surface area contributed by atoms with E-state index in [9.17, 15) is 4.79 Å². The third kappa shape index (κ3) is 5.27. The maximum Gasteiger partial charge on any atom is 0.240 e. The molecule has 3 rings (SSSR count). The van der Waals surface area contributed by atoms with E-state index in [2.05, 4.69) is 45.4 Å². The molecule has 1 aromatic carbocycles. The second kappa shape index (κ2) is 8.79. The summed E-state index contributed by atoms with van der Waals surface area (Å²) in [6.07, 6.45) is 4.83. The first-order valence-electron chi connectivity index (χ1n) is 9.72.